The van der Waals surface area contributed by atoms with Crippen LogP contribution in [0.4, 0.5) is 10.6 Å². The second-order valence-corrected chi connectivity index (χ2v) is 4.49. The van der Waals surface area contributed by atoms with E-state index in [1.54, 1.807) is 24.0 Å². The number of nitrogens with one attached hydrogen (secondary N) is 2. The average molecular weight is 254 g/mol. The van der Waals surface area contributed by atoms with Crippen LogP contribution in [0.3, 0.4) is 0 Å². The molecule has 0 saturated carbocycles. The highest BCUT2D eigenvalue weighted by Gasteiger charge is 2.21. The van der Waals surface area contributed by atoms with Gasteiger partial charge in [-0.05, 0) is 12.3 Å². The van der Waals surface area contributed by atoms with Crippen LogP contribution in [0.2, 0.25) is 0 Å². The standard InChI is InChI=1S/C11H18N4O3/c1-7(2)6-8(10(16)17)12-11(18)13-9-4-5-15(3)14-9/h4-5,7-8H,6H2,1-3H3,(H,16,17)(H2,12,13,14,18)/t8-/m0/s1. The molecule has 0 spiro atoms. The van der Waals surface area contributed by atoms with Crippen molar-refractivity contribution in [2.45, 2.75) is 26.3 Å². The number of anilines is 1. The van der Waals surface area contributed by atoms with E-state index in [-0.39, 0.29) is 5.92 Å². The number of carbonyl (C=O) groups excluding carboxylic acids is 1. The molecule has 18 heavy (non-hydrogen) atoms. The number of urea groups is 1. The van der Waals surface area contributed by atoms with Crippen LogP contribution in [-0.4, -0.2) is 32.9 Å². The molecule has 1 rings (SSSR count). The zero-order valence-electron chi connectivity index (χ0n) is 10.7. The SMILES string of the molecule is CC(C)C[C@H](NC(=O)Nc1ccn(C)n1)C(=O)O. The van der Waals surface area contributed by atoms with E-state index in [2.05, 4.69) is 15.7 Å². The van der Waals surface area contributed by atoms with E-state index in [0.29, 0.717) is 12.2 Å². The second kappa shape index (κ2) is 6.04. The molecule has 0 aromatic carbocycles. The summed E-state index contributed by atoms with van der Waals surface area (Å²) >= 11 is 0. The van der Waals surface area contributed by atoms with Gasteiger partial charge >= 0.3 is 12.0 Å². The van der Waals surface area contributed by atoms with Gasteiger partial charge in [0.2, 0.25) is 0 Å². The number of amides is 2. The van der Waals surface area contributed by atoms with E-state index in [9.17, 15) is 9.59 Å². The van der Waals surface area contributed by atoms with Crippen molar-refractivity contribution in [3.8, 4) is 0 Å². The maximum Gasteiger partial charge on any atom is 0.326 e. The Bertz CT molecular complexity index is 428. The van der Waals surface area contributed by atoms with Crippen LogP contribution in [0.5, 0.6) is 0 Å². The lowest BCUT2D eigenvalue weighted by Crippen LogP contribution is -2.43. The average Bonchev–Trinajstić information content (AvgIpc) is 2.62. The third-order valence-electron chi connectivity index (χ3n) is 2.27. The fraction of sp³-hybridized carbons (Fsp3) is 0.545. The number of hydrogen-bond acceptors (Lipinski definition) is 3. The number of carboxylic acid groups (broad SMARTS) is 1. The normalized spacial score (nSPS) is 12.2. The van der Waals surface area contributed by atoms with Crippen LogP contribution < -0.4 is 10.6 Å². The van der Waals surface area contributed by atoms with Gasteiger partial charge in [0.05, 0.1) is 0 Å². The lowest BCUT2D eigenvalue weighted by Gasteiger charge is -2.16. The van der Waals surface area contributed by atoms with Crippen molar-refractivity contribution in [3.05, 3.63) is 12.3 Å². The Kier molecular flexibility index (Phi) is 4.70. The maximum absolute atomic E-state index is 11.6. The number of rotatable bonds is 5. The molecule has 2 amide bonds. The number of carbonyl (C=O) groups is 2. The Labute approximate surface area is 105 Å². The summed E-state index contributed by atoms with van der Waals surface area (Å²) < 4.78 is 1.54. The predicted molar refractivity (Wildman–Crippen MR) is 66.2 cm³/mol. The van der Waals surface area contributed by atoms with E-state index in [1.807, 2.05) is 13.8 Å². The lowest BCUT2D eigenvalue weighted by atomic mass is 10.0. The van der Waals surface area contributed by atoms with Crippen molar-refractivity contribution in [2.75, 3.05) is 5.32 Å². The van der Waals surface area contributed by atoms with Crippen molar-refractivity contribution in [2.24, 2.45) is 13.0 Å². The Morgan fingerprint density at radius 2 is 2.17 bits per heavy atom. The van der Waals surface area contributed by atoms with Crippen LogP contribution in [0.1, 0.15) is 20.3 Å². The van der Waals surface area contributed by atoms with Crippen LogP contribution in [-0.2, 0) is 11.8 Å². The summed E-state index contributed by atoms with van der Waals surface area (Å²) in [5, 5.41) is 17.8. The molecule has 1 aromatic rings. The first kappa shape index (κ1) is 14.0. The molecule has 0 aliphatic heterocycles. The van der Waals surface area contributed by atoms with Gasteiger partial charge in [-0.15, -0.1) is 0 Å². The quantitative estimate of drug-likeness (QED) is 0.731. The topological polar surface area (TPSA) is 96.3 Å². The van der Waals surface area contributed by atoms with Crippen molar-refractivity contribution in [1.29, 1.82) is 0 Å². The molecule has 7 nitrogen and oxygen atoms in total. The Morgan fingerprint density at radius 3 is 2.61 bits per heavy atom. The molecular formula is C11H18N4O3. The summed E-state index contributed by atoms with van der Waals surface area (Å²) in [6.07, 6.45) is 2.06. The number of carboxylic acids is 1. The van der Waals surface area contributed by atoms with Crippen molar-refractivity contribution in [3.63, 3.8) is 0 Å². The molecule has 0 saturated heterocycles. The van der Waals surface area contributed by atoms with Gasteiger partial charge in [0, 0.05) is 19.3 Å². The zero-order chi connectivity index (χ0) is 13.7. The van der Waals surface area contributed by atoms with Gasteiger partial charge in [0.25, 0.3) is 0 Å². The summed E-state index contributed by atoms with van der Waals surface area (Å²) in [6.45, 7) is 3.79. The third-order valence-corrected chi connectivity index (χ3v) is 2.27. The smallest absolute Gasteiger partial charge is 0.326 e. The minimum absolute atomic E-state index is 0.182. The van der Waals surface area contributed by atoms with Crippen LogP contribution in [0, 0.1) is 5.92 Å². The first-order chi connectivity index (χ1) is 8.38. The summed E-state index contributed by atoms with van der Waals surface area (Å²) in [6, 6.07) is 0.160. The molecule has 0 fully saturated rings. The van der Waals surface area contributed by atoms with Crippen molar-refractivity contribution >= 4 is 17.8 Å². The van der Waals surface area contributed by atoms with E-state index in [1.165, 1.54) is 0 Å². The molecule has 1 atom stereocenters. The first-order valence-electron chi connectivity index (χ1n) is 5.68. The minimum atomic E-state index is -1.04. The molecule has 0 aliphatic rings. The highest BCUT2D eigenvalue weighted by Crippen LogP contribution is 2.06. The number of aryl methyl sites for hydroxylation is 1. The van der Waals surface area contributed by atoms with Gasteiger partial charge in [-0.25, -0.2) is 9.59 Å². The van der Waals surface area contributed by atoms with Crippen molar-refractivity contribution in [1.82, 2.24) is 15.1 Å². The molecule has 1 aromatic heterocycles. The molecule has 100 valence electrons. The van der Waals surface area contributed by atoms with Gasteiger partial charge in [-0.3, -0.25) is 10.00 Å². The molecule has 7 heteroatoms. The van der Waals surface area contributed by atoms with Crippen LogP contribution >= 0.6 is 0 Å². The first-order valence-corrected chi connectivity index (χ1v) is 5.68. The molecule has 0 aliphatic carbocycles. The van der Waals surface area contributed by atoms with E-state index >= 15 is 0 Å². The van der Waals surface area contributed by atoms with E-state index < -0.39 is 18.0 Å². The van der Waals surface area contributed by atoms with Crippen molar-refractivity contribution < 1.29 is 14.7 Å². The van der Waals surface area contributed by atoms with E-state index in [0.717, 1.165) is 0 Å². The monoisotopic (exact) mass is 254 g/mol. The largest absolute Gasteiger partial charge is 0.480 e. The fourth-order valence-corrected chi connectivity index (χ4v) is 1.49. The third kappa shape index (κ3) is 4.44. The number of hydrogen-bond donors (Lipinski definition) is 3. The summed E-state index contributed by atoms with van der Waals surface area (Å²) in [4.78, 5) is 22.5. The predicted octanol–water partition coefficient (Wildman–Crippen LogP) is 1.04. The minimum Gasteiger partial charge on any atom is -0.480 e. The second-order valence-electron chi connectivity index (χ2n) is 4.49. The van der Waals surface area contributed by atoms with Gasteiger partial charge in [-0.1, -0.05) is 13.8 Å². The number of aliphatic carboxylic acids is 1. The highest BCUT2D eigenvalue weighted by atomic mass is 16.4. The molecule has 0 radical (unpaired) electrons. The Balaban J connectivity index is 2.53. The van der Waals surface area contributed by atoms with Gasteiger partial charge in [0.1, 0.15) is 6.04 Å². The van der Waals surface area contributed by atoms with Crippen LogP contribution in [0.15, 0.2) is 12.3 Å². The highest BCUT2D eigenvalue weighted by molar-refractivity contribution is 5.91. The number of aromatic nitrogens is 2. The molecular weight excluding hydrogens is 236 g/mol. The molecule has 0 unspecified atom stereocenters. The summed E-state index contributed by atoms with van der Waals surface area (Å²) in [5.41, 5.74) is 0. The summed E-state index contributed by atoms with van der Waals surface area (Å²) in [5.74, 6) is -0.482. The Morgan fingerprint density at radius 1 is 1.50 bits per heavy atom. The van der Waals surface area contributed by atoms with Crippen LogP contribution in [0.25, 0.3) is 0 Å². The fourth-order valence-electron chi connectivity index (χ4n) is 1.49. The molecule has 1 heterocycles. The van der Waals surface area contributed by atoms with Gasteiger partial charge in [-0.2, -0.15) is 5.10 Å². The summed E-state index contributed by atoms with van der Waals surface area (Å²) in [7, 11) is 1.72. The number of nitrogens with zero attached hydrogens (tertiary/aromatic N) is 2. The zero-order valence-corrected chi connectivity index (χ0v) is 10.7. The molecule has 0 bridgehead atoms. The molecule has 3 N–H and O–H groups in total. The lowest BCUT2D eigenvalue weighted by molar-refractivity contribution is -0.139. The Hall–Kier alpha value is -2.05. The van der Waals surface area contributed by atoms with Gasteiger partial charge in [0.15, 0.2) is 5.82 Å². The van der Waals surface area contributed by atoms with Gasteiger partial charge < -0.3 is 10.4 Å². The van der Waals surface area contributed by atoms with E-state index in [4.69, 9.17) is 5.11 Å². The maximum atomic E-state index is 11.6.